The maximum Gasteiger partial charge on any atom is 0.405 e. The summed E-state index contributed by atoms with van der Waals surface area (Å²) in [5.74, 6) is 0. The Morgan fingerprint density at radius 3 is 1.11 bits per heavy atom. The van der Waals surface area contributed by atoms with Gasteiger partial charge in [0.1, 0.15) is 0 Å². The van der Waals surface area contributed by atoms with Gasteiger partial charge in [-0.1, -0.05) is 206 Å². The van der Waals surface area contributed by atoms with E-state index in [0.717, 1.165) is 57.7 Å². The van der Waals surface area contributed by atoms with Crippen molar-refractivity contribution in [3.05, 3.63) is 0 Å². The van der Waals surface area contributed by atoms with E-state index in [2.05, 4.69) is 63.6 Å². The smallest absolute Gasteiger partial charge is 0.330 e. The lowest BCUT2D eigenvalue weighted by Crippen LogP contribution is -2.40. The Bertz CT molecular complexity index is 923. The molecule has 0 spiro atoms. The number of rotatable bonds is 44. The van der Waals surface area contributed by atoms with Crippen LogP contribution in [0.2, 0.25) is 0 Å². The first kappa shape index (κ1) is 57.9. The molecule has 364 valence electrons. The Labute approximate surface area is 391 Å². The van der Waals surface area contributed by atoms with Crippen LogP contribution < -0.4 is 5.09 Å². The second kappa shape index (κ2) is 39.9. The van der Waals surface area contributed by atoms with Gasteiger partial charge in [-0.2, -0.15) is 23.5 Å². The number of quaternary nitrogens is 1. The van der Waals surface area contributed by atoms with E-state index in [4.69, 9.17) is 9.05 Å². The molecule has 0 aromatic carbocycles. The van der Waals surface area contributed by atoms with Gasteiger partial charge >= 0.3 is 7.75 Å². The fraction of sp³-hybridized carbons (Fsp3) is 1.00. The highest BCUT2D eigenvalue weighted by Gasteiger charge is 2.25. The molecule has 2 saturated carbocycles. The van der Waals surface area contributed by atoms with E-state index >= 15 is 0 Å². The lowest BCUT2D eigenvalue weighted by atomic mass is 10.0. The summed E-state index contributed by atoms with van der Waals surface area (Å²) < 4.78 is 26.7. The third-order valence-electron chi connectivity index (χ3n) is 13.6. The Kier molecular flexibility index (Phi) is 37.9. The fourth-order valence-corrected chi connectivity index (χ4v) is 14.4. The molecule has 0 heterocycles. The summed E-state index contributed by atoms with van der Waals surface area (Å²) in [6.45, 7) is 7.19. The van der Waals surface area contributed by atoms with Gasteiger partial charge < -0.3 is 4.48 Å². The van der Waals surface area contributed by atoms with Crippen LogP contribution in [-0.2, 0) is 13.6 Å². The number of nitrogens with one attached hydrogen (secondary N) is 1. The number of hydrogen-bond donors (Lipinski definition) is 1. The molecule has 2 aliphatic rings. The molecule has 0 bridgehead atoms. The number of hydrogen-bond acceptors (Lipinski definition) is 5. The van der Waals surface area contributed by atoms with E-state index in [1.165, 1.54) is 231 Å². The fourth-order valence-electron chi connectivity index (χ4n) is 9.55. The maximum atomic E-state index is 13.8. The van der Waals surface area contributed by atoms with E-state index in [-0.39, 0.29) is 0 Å². The van der Waals surface area contributed by atoms with Gasteiger partial charge in [0, 0.05) is 21.0 Å². The molecule has 1 N–H and O–H groups in total. The lowest BCUT2D eigenvalue weighted by Gasteiger charge is -2.26. The van der Waals surface area contributed by atoms with Gasteiger partial charge in [0.25, 0.3) is 0 Å². The molecule has 0 radical (unpaired) electrons. The molecule has 0 amide bonds. The predicted octanol–water partition coefficient (Wildman–Crippen LogP) is 18.0. The van der Waals surface area contributed by atoms with E-state index in [9.17, 15) is 4.57 Å². The van der Waals surface area contributed by atoms with Crippen LogP contribution >= 0.6 is 31.3 Å². The van der Waals surface area contributed by atoms with Crippen molar-refractivity contribution in [1.29, 1.82) is 0 Å². The van der Waals surface area contributed by atoms with Crippen LogP contribution in [0, 0.1) is 0 Å². The molecule has 5 nitrogen and oxygen atoms in total. The minimum absolute atomic E-state index is 0.520. The van der Waals surface area contributed by atoms with Crippen molar-refractivity contribution in [1.82, 2.24) is 5.09 Å². The highest BCUT2D eigenvalue weighted by atomic mass is 32.2. The van der Waals surface area contributed by atoms with Crippen molar-refractivity contribution >= 4 is 31.3 Å². The normalized spacial score (nSPS) is 17.8. The monoisotopic (exact) mass is 916 g/mol. The molecule has 2 aliphatic carbocycles. The average molecular weight is 917 g/mol. The van der Waals surface area contributed by atoms with Crippen LogP contribution in [-0.4, -0.2) is 72.9 Å². The highest BCUT2D eigenvalue weighted by Crippen LogP contribution is 2.44. The van der Waals surface area contributed by atoms with Crippen LogP contribution in [0.25, 0.3) is 0 Å². The zero-order valence-corrected chi connectivity index (χ0v) is 44.4. The molecule has 2 rings (SSSR count). The summed E-state index contributed by atoms with van der Waals surface area (Å²) >= 11 is 4.76. The Hall–Kier alpha value is 0.770. The summed E-state index contributed by atoms with van der Waals surface area (Å²) in [5, 5.41) is 6.85. The largest absolute Gasteiger partial charge is 0.405 e. The number of likely N-dealkylation sites (N-methyl/N-ethyl adjacent to an activating group) is 1. The van der Waals surface area contributed by atoms with Crippen LogP contribution in [0.4, 0.5) is 0 Å². The molecule has 0 aromatic heterocycles. The van der Waals surface area contributed by atoms with Crippen molar-refractivity contribution in [3.8, 4) is 0 Å². The van der Waals surface area contributed by atoms with Crippen LogP contribution in [0.3, 0.4) is 0 Å². The molecular formula is C53H108N2O3PS2+. The number of unbranched alkanes of at least 4 members (excludes halogenated alkanes) is 22. The quantitative estimate of drug-likeness (QED) is 0.0373. The van der Waals surface area contributed by atoms with Gasteiger partial charge in [0.15, 0.2) is 0 Å². The average Bonchev–Trinajstić information content (AvgIpc) is 3.24. The third-order valence-corrected chi connectivity index (χ3v) is 18.7. The van der Waals surface area contributed by atoms with E-state index in [1.807, 2.05) is 0 Å². The molecule has 2 unspecified atom stereocenters. The molecule has 61 heavy (non-hydrogen) atoms. The van der Waals surface area contributed by atoms with Crippen molar-refractivity contribution in [2.75, 3.05) is 47.4 Å². The molecule has 8 heteroatoms. The first-order valence-corrected chi connectivity index (χ1v) is 30.9. The summed E-state index contributed by atoms with van der Waals surface area (Å²) in [6, 6.07) is 0. The minimum atomic E-state index is -3.29. The van der Waals surface area contributed by atoms with Gasteiger partial charge in [-0.3, -0.25) is 9.05 Å². The molecular weight excluding hydrogens is 808 g/mol. The van der Waals surface area contributed by atoms with Crippen molar-refractivity contribution in [3.63, 3.8) is 0 Å². The van der Waals surface area contributed by atoms with Gasteiger partial charge in [-0.05, 0) is 64.2 Å². The second-order valence-electron chi connectivity index (χ2n) is 20.8. The van der Waals surface area contributed by atoms with Crippen LogP contribution in [0.1, 0.15) is 271 Å². The molecule has 2 fully saturated rings. The zero-order chi connectivity index (χ0) is 44.0. The predicted molar refractivity (Wildman–Crippen MR) is 277 cm³/mol. The number of nitrogens with zero attached hydrogens (tertiary/aromatic N) is 1. The van der Waals surface area contributed by atoms with E-state index in [1.54, 1.807) is 0 Å². The van der Waals surface area contributed by atoms with Gasteiger partial charge in [0.2, 0.25) is 0 Å². The highest BCUT2D eigenvalue weighted by molar-refractivity contribution is 8.00. The molecule has 0 saturated heterocycles. The lowest BCUT2D eigenvalue weighted by molar-refractivity contribution is -0.869. The Morgan fingerprint density at radius 1 is 0.475 bits per heavy atom. The van der Waals surface area contributed by atoms with Crippen molar-refractivity contribution in [2.45, 2.75) is 292 Å². The molecule has 2 atom stereocenters. The number of thioether (sulfide) groups is 2. The first-order chi connectivity index (χ1) is 29.7. The standard InChI is InChI=1S/C53H108N2O3PS2/c1-6-8-10-12-14-20-28-38-50(60-52-42-32-26-33-43-52)40-30-22-16-18-24-36-48-57-59(56,54-46-47-55(3,4)5)58-49-37-25-19-17-23-31-41-51(61-53-44-34-27-35-45-53)39-29-21-15-13-11-9-7-2/h50-53H,6-49H2,1-5H3,(H,54,56)/q+1. The van der Waals surface area contributed by atoms with Gasteiger partial charge in [-0.25, -0.2) is 9.65 Å². The third kappa shape index (κ3) is 35.6. The van der Waals surface area contributed by atoms with Crippen molar-refractivity contribution < 1.29 is 18.1 Å². The zero-order valence-electron chi connectivity index (χ0n) is 41.9. The van der Waals surface area contributed by atoms with Crippen LogP contribution in [0.5, 0.6) is 0 Å². The summed E-state index contributed by atoms with van der Waals surface area (Å²) in [5.41, 5.74) is 0. The van der Waals surface area contributed by atoms with Crippen molar-refractivity contribution in [2.24, 2.45) is 0 Å². The van der Waals surface area contributed by atoms with E-state index in [0.29, 0.717) is 19.8 Å². The summed E-state index contributed by atoms with van der Waals surface area (Å²) in [4.78, 5) is 0. The Morgan fingerprint density at radius 2 is 0.787 bits per heavy atom. The first-order valence-electron chi connectivity index (χ1n) is 27.5. The van der Waals surface area contributed by atoms with Crippen LogP contribution in [0.15, 0.2) is 0 Å². The topological polar surface area (TPSA) is 47.6 Å². The second-order valence-corrected chi connectivity index (χ2v) is 25.8. The summed E-state index contributed by atoms with van der Waals surface area (Å²) in [7, 11) is 3.23. The van der Waals surface area contributed by atoms with Gasteiger partial charge in [-0.15, -0.1) is 0 Å². The molecule has 0 aromatic rings. The van der Waals surface area contributed by atoms with Gasteiger partial charge in [0.05, 0.1) is 47.4 Å². The summed E-state index contributed by atoms with van der Waals surface area (Å²) in [6.07, 6.45) is 55.0. The molecule has 0 aliphatic heterocycles. The maximum absolute atomic E-state index is 13.8. The van der Waals surface area contributed by atoms with E-state index < -0.39 is 7.75 Å². The minimum Gasteiger partial charge on any atom is -0.330 e. The SMILES string of the molecule is CCCCCCCCCC(CCCCCCCCOP(=O)(NCC[N+](C)(C)C)OCCCCCCCCC(CCCCCCCCC)SC1CCCCC1)SC1CCCCC1. The Balaban J connectivity index is 1.61.